The van der Waals surface area contributed by atoms with E-state index in [2.05, 4.69) is 20.8 Å². The molecule has 0 bridgehead atoms. The van der Waals surface area contributed by atoms with Gasteiger partial charge in [-0.25, -0.2) is 4.79 Å². The molecule has 1 atom stereocenters. The van der Waals surface area contributed by atoms with Crippen LogP contribution in [0.25, 0.3) is 5.69 Å². The van der Waals surface area contributed by atoms with Crippen molar-refractivity contribution in [2.24, 2.45) is 5.92 Å². The summed E-state index contributed by atoms with van der Waals surface area (Å²) in [7, 11) is 0. The van der Waals surface area contributed by atoms with E-state index in [1.807, 2.05) is 37.3 Å². The summed E-state index contributed by atoms with van der Waals surface area (Å²) < 4.78 is 0. The number of rotatable bonds is 4. The summed E-state index contributed by atoms with van der Waals surface area (Å²) in [5.74, 6) is 1.06. The van der Waals surface area contributed by atoms with E-state index in [4.69, 9.17) is 0 Å². The van der Waals surface area contributed by atoms with Gasteiger partial charge in [0.2, 0.25) is 0 Å². The lowest BCUT2D eigenvalue weighted by Crippen LogP contribution is -2.37. The first-order valence-corrected chi connectivity index (χ1v) is 6.77. The molecular formula is C14H17N5O. The molecule has 1 heterocycles. The first-order chi connectivity index (χ1) is 9.72. The highest BCUT2D eigenvalue weighted by atomic mass is 16.2. The Morgan fingerprint density at radius 2 is 2.10 bits per heavy atom. The fourth-order valence-corrected chi connectivity index (χ4v) is 2.08. The van der Waals surface area contributed by atoms with E-state index in [9.17, 15) is 4.79 Å². The number of para-hydroxylation sites is 1. The molecule has 0 aliphatic heterocycles. The summed E-state index contributed by atoms with van der Waals surface area (Å²) >= 11 is 0. The monoisotopic (exact) mass is 271 g/mol. The average molecular weight is 271 g/mol. The van der Waals surface area contributed by atoms with Gasteiger partial charge < -0.3 is 5.32 Å². The second kappa shape index (κ2) is 5.32. The van der Waals surface area contributed by atoms with Crippen LogP contribution in [0.3, 0.4) is 0 Å². The molecule has 1 aromatic carbocycles. The molecule has 2 aromatic rings. The molecule has 1 aliphatic carbocycles. The summed E-state index contributed by atoms with van der Waals surface area (Å²) in [5, 5.41) is 14.0. The standard InChI is InChI=1S/C14H17N5O/c1-10(11-7-8-11)16-14(20)17-13-9-15-19(18-13)12-5-3-2-4-6-12/h2-6,9-11H,7-8H2,1H3,(H2,16,17,18,20)/t10-/m0/s1. The van der Waals surface area contributed by atoms with Crippen molar-refractivity contribution >= 4 is 11.8 Å². The molecule has 0 spiro atoms. The maximum absolute atomic E-state index is 11.8. The van der Waals surface area contributed by atoms with E-state index in [1.165, 1.54) is 23.8 Å². The van der Waals surface area contributed by atoms with Gasteiger partial charge in [-0.2, -0.15) is 5.10 Å². The number of anilines is 1. The number of benzene rings is 1. The van der Waals surface area contributed by atoms with Gasteiger partial charge in [-0.15, -0.1) is 9.90 Å². The third-order valence-electron chi connectivity index (χ3n) is 3.41. The molecule has 0 unspecified atom stereocenters. The number of carbonyl (C=O) groups excluding carboxylic acids is 1. The van der Waals surface area contributed by atoms with E-state index in [0.717, 1.165) is 5.69 Å². The Morgan fingerprint density at radius 1 is 1.35 bits per heavy atom. The highest BCUT2D eigenvalue weighted by molar-refractivity contribution is 5.88. The molecule has 1 saturated carbocycles. The molecule has 1 aromatic heterocycles. The number of nitrogens with one attached hydrogen (secondary N) is 2. The topological polar surface area (TPSA) is 71.8 Å². The maximum atomic E-state index is 11.8. The first kappa shape index (κ1) is 12.7. The van der Waals surface area contributed by atoms with Crippen LogP contribution in [0.2, 0.25) is 0 Å². The number of hydrogen-bond acceptors (Lipinski definition) is 3. The van der Waals surface area contributed by atoms with Gasteiger partial charge in [-0.3, -0.25) is 5.32 Å². The van der Waals surface area contributed by atoms with Crippen LogP contribution in [-0.2, 0) is 0 Å². The van der Waals surface area contributed by atoms with Crippen LogP contribution < -0.4 is 10.6 Å². The number of aromatic nitrogens is 3. The third kappa shape index (κ3) is 2.96. The summed E-state index contributed by atoms with van der Waals surface area (Å²) in [6.07, 6.45) is 3.94. The lowest BCUT2D eigenvalue weighted by atomic mass is 10.2. The Balaban J connectivity index is 1.61. The Labute approximate surface area is 117 Å². The minimum atomic E-state index is -0.232. The molecule has 20 heavy (non-hydrogen) atoms. The third-order valence-corrected chi connectivity index (χ3v) is 3.41. The number of carbonyl (C=O) groups is 1. The molecule has 1 fully saturated rings. The van der Waals surface area contributed by atoms with Crippen LogP contribution in [0.1, 0.15) is 19.8 Å². The molecule has 1 aliphatic rings. The Morgan fingerprint density at radius 3 is 2.80 bits per heavy atom. The lowest BCUT2D eigenvalue weighted by Gasteiger charge is -2.12. The van der Waals surface area contributed by atoms with Crippen molar-refractivity contribution in [3.05, 3.63) is 36.5 Å². The van der Waals surface area contributed by atoms with Gasteiger partial charge in [0.25, 0.3) is 0 Å². The first-order valence-electron chi connectivity index (χ1n) is 6.77. The predicted octanol–water partition coefficient (Wildman–Crippen LogP) is 2.19. The molecule has 6 nitrogen and oxygen atoms in total. The largest absolute Gasteiger partial charge is 0.335 e. The van der Waals surface area contributed by atoms with Gasteiger partial charge in [0.15, 0.2) is 5.82 Å². The molecule has 0 radical (unpaired) electrons. The summed E-state index contributed by atoms with van der Waals surface area (Å²) in [6, 6.07) is 9.53. The number of nitrogens with zero attached hydrogens (tertiary/aromatic N) is 3. The van der Waals surface area contributed by atoms with Crippen molar-refractivity contribution in [3.63, 3.8) is 0 Å². The van der Waals surface area contributed by atoms with Crippen LogP contribution in [-0.4, -0.2) is 27.1 Å². The second-order valence-corrected chi connectivity index (χ2v) is 5.08. The molecule has 0 saturated heterocycles. The van der Waals surface area contributed by atoms with Crippen LogP contribution in [0.5, 0.6) is 0 Å². The second-order valence-electron chi connectivity index (χ2n) is 5.08. The molecule has 2 N–H and O–H groups in total. The van der Waals surface area contributed by atoms with Gasteiger partial charge in [0.05, 0.1) is 11.9 Å². The van der Waals surface area contributed by atoms with E-state index in [-0.39, 0.29) is 12.1 Å². The van der Waals surface area contributed by atoms with Crippen molar-refractivity contribution < 1.29 is 4.79 Å². The zero-order chi connectivity index (χ0) is 13.9. The van der Waals surface area contributed by atoms with Crippen LogP contribution >= 0.6 is 0 Å². The fourth-order valence-electron chi connectivity index (χ4n) is 2.08. The van der Waals surface area contributed by atoms with E-state index in [1.54, 1.807) is 0 Å². The van der Waals surface area contributed by atoms with Crippen LogP contribution in [0.4, 0.5) is 10.6 Å². The van der Waals surface area contributed by atoms with Crippen LogP contribution in [0, 0.1) is 5.92 Å². The van der Waals surface area contributed by atoms with Crippen molar-refractivity contribution in [1.82, 2.24) is 20.3 Å². The summed E-state index contributed by atoms with van der Waals surface area (Å²) in [4.78, 5) is 13.3. The minimum absolute atomic E-state index is 0.208. The smallest absolute Gasteiger partial charge is 0.320 e. The van der Waals surface area contributed by atoms with Crippen molar-refractivity contribution in [2.75, 3.05) is 5.32 Å². The normalized spacial score (nSPS) is 15.7. The zero-order valence-corrected chi connectivity index (χ0v) is 11.3. The van der Waals surface area contributed by atoms with Gasteiger partial charge in [-0.05, 0) is 37.8 Å². The zero-order valence-electron chi connectivity index (χ0n) is 11.3. The van der Waals surface area contributed by atoms with Gasteiger partial charge in [-0.1, -0.05) is 18.2 Å². The van der Waals surface area contributed by atoms with Crippen molar-refractivity contribution in [2.45, 2.75) is 25.8 Å². The molecule has 3 rings (SSSR count). The fraction of sp³-hybridized carbons (Fsp3) is 0.357. The van der Waals surface area contributed by atoms with Crippen molar-refractivity contribution in [1.29, 1.82) is 0 Å². The van der Waals surface area contributed by atoms with Gasteiger partial charge >= 0.3 is 6.03 Å². The molecule has 104 valence electrons. The highest BCUT2D eigenvalue weighted by Gasteiger charge is 2.28. The number of amides is 2. The highest BCUT2D eigenvalue weighted by Crippen LogP contribution is 2.32. The molecular weight excluding hydrogens is 254 g/mol. The number of hydrogen-bond donors (Lipinski definition) is 2. The Kier molecular flexibility index (Phi) is 3.37. The van der Waals surface area contributed by atoms with E-state index >= 15 is 0 Å². The summed E-state index contributed by atoms with van der Waals surface area (Å²) in [6.45, 7) is 2.03. The van der Waals surface area contributed by atoms with E-state index in [0.29, 0.717) is 11.7 Å². The SMILES string of the molecule is C[C@H](NC(=O)Nc1cnn(-c2ccccc2)n1)C1CC1. The number of urea groups is 1. The van der Waals surface area contributed by atoms with Gasteiger partial charge in [0, 0.05) is 6.04 Å². The van der Waals surface area contributed by atoms with Crippen LogP contribution in [0.15, 0.2) is 36.5 Å². The summed E-state index contributed by atoms with van der Waals surface area (Å²) in [5.41, 5.74) is 0.854. The molecule has 2 amide bonds. The van der Waals surface area contributed by atoms with E-state index < -0.39 is 0 Å². The molecule has 6 heteroatoms. The minimum Gasteiger partial charge on any atom is -0.335 e. The average Bonchev–Trinajstić information content (AvgIpc) is 3.21. The predicted molar refractivity (Wildman–Crippen MR) is 75.7 cm³/mol. The van der Waals surface area contributed by atoms with Crippen molar-refractivity contribution in [3.8, 4) is 5.69 Å². The van der Waals surface area contributed by atoms with Gasteiger partial charge in [0.1, 0.15) is 0 Å². The Hall–Kier alpha value is -2.37. The maximum Gasteiger partial charge on any atom is 0.320 e. The lowest BCUT2D eigenvalue weighted by molar-refractivity contribution is 0.248. The quantitative estimate of drug-likeness (QED) is 0.895. The Bertz CT molecular complexity index is 591.